The minimum atomic E-state index is 0.627. The molecule has 3 heteroatoms. The molecular weight excluding hydrogens is 282 g/mol. The molecule has 0 aliphatic carbocycles. The van der Waals surface area contributed by atoms with E-state index < -0.39 is 0 Å². The molecule has 1 unspecified atom stereocenters. The Kier molecular flexibility index (Phi) is 5.06. The first-order valence-corrected chi connectivity index (χ1v) is 8.69. The van der Waals surface area contributed by atoms with Crippen LogP contribution in [-0.2, 0) is 25.9 Å². The normalized spacial score (nSPS) is 15.8. The van der Waals surface area contributed by atoms with Gasteiger partial charge in [-0.3, -0.25) is 4.90 Å². The lowest BCUT2D eigenvalue weighted by molar-refractivity contribution is 0.242. The van der Waals surface area contributed by atoms with Gasteiger partial charge in [-0.2, -0.15) is 10.2 Å². The van der Waals surface area contributed by atoms with Crippen molar-refractivity contribution in [3.05, 3.63) is 58.9 Å². The van der Waals surface area contributed by atoms with E-state index in [9.17, 15) is 0 Å². The van der Waals surface area contributed by atoms with Gasteiger partial charge in [-0.1, -0.05) is 39.0 Å². The SMILES string of the molecule is CC(C)Cc1cccc2c1CN(CC(C)Cc1ccnnc1)C2. The molecule has 1 atom stereocenters. The van der Waals surface area contributed by atoms with Crippen molar-refractivity contribution in [2.45, 2.75) is 46.7 Å². The zero-order valence-corrected chi connectivity index (χ0v) is 14.5. The maximum absolute atomic E-state index is 3.98. The van der Waals surface area contributed by atoms with E-state index in [-0.39, 0.29) is 0 Å². The Bertz CT molecular complexity index is 637. The van der Waals surface area contributed by atoms with Crippen molar-refractivity contribution in [1.29, 1.82) is 0 Å². The van der Waals surface area contributed by atoms with Gasteiger partial charge in [0.15, 0.2) is 0 Å². The summed E-state index contributed by atoms with van der Waals surface area (Å²) < 4.78 is 0. The molecule has 0 fully saturated rings. The van der Waals surface area contributed by atoms with Gasteiger partial charge in [0.2, 0.25) is 0 Å². The fraction of sp³-hybridized carbons (Fsp3) is 0.500. The highest BCUT2D eigenvalue weighted by molar-refractivity contribution is 5.38. The first kappa shape index (κ1) is 16.1. The van der Waals surface area contributed by atoms with Crippen molar-refractivity contribution in [2.75, 3.05) is 6.54 Å². The lowest BCUT2D eigenvalue weighted by atomic mass is 9.96. The van der Waals surface area contributed by atoms with E-state index in [4.69, 9.17) is 0 Å². The van der Waals surface area contributed by atoms with Gasteiger partial charge < -0.3 is 0 Å². The summed E-state index contributed by atoms with van der Waals surface area (Å²) in [4.78, 5) is 2.59. The Hall–Kier alpha value is -1.74. The average Bonchev–Trinajstić information content (AvgIpc) is 2.91. The molecule has 23 heavy (non-hydrogen) atoms. The van der Waals surface area contributed by atoms with Gasteiger partial charge >= 0.3 is 0 Å². The van der Waals surface area contributed by atoms with Crippen molar-refractivity contribution in [1.82, 2.24) is 15.1 Å². The molecule has 3 nitrogen and oxygen atoms in total. The van der Waals surface area contributed by atoms with Gasteiger partial charge in [0, 0.05) is 25.8 Å². The largest absolute Gasteiger partial charge is 0.295 e. The minimum absolute atomic E-state index is 0.627. The van der Waals surface area contributed by atoms with E-state index >= 15 is 0 Å². The zero-order chi connectivity index (χ0) is 16.2. The summed E-state index contributed by atoms with van der Waals surface area (Å²) in [5.41, 5.74) is 5.94. The van der Waals surface area contributed by atoms with Crippen LogP contribution in [0.4, 0.5) is 0 Å². The maximum atomic E-state index is 3.98. The van der Waals surface area contributed by atoms with E-state index in [0.29, 0.717) is 11.8 Å². The van der Waals surface area contributed by atoms with Crippen LogP contribution >= 0.6 is 0 Å². The summed E-state index contributed by atoms with van der Waals surface area (Å²) in [5.74, 6) is 1.34. The van der Waals surface area contributed by atoms with Crippen LogP contribution in [0.2, 0.25) is 0 Å². The molecule has 0 saturated heterocycles. The number of aromatic nitrogens is 2. The molecule has 1 aromatic carbocycles. The summed E-state index contributed by atoms with van der Waals surface area (Å²) >= 11 is 0. The molecular formula is C20H27N3. The lowest BCUT2D eigenvalue weighted by Crippen LogP contribution is -2.24. The smallest absolute Gasteiger partial charge is 0.0528 e. The number of fused-ring (bicyclic) bond motifs is 1. The molecule has 0 spiro atoms. The molecule has 0 amide bonds. The second kappa shape index (κ2) is 7.22. The topological polar surface area (TPSA) is 29.0 Å². The Morgan fingerprint density at radius 2 is 1.91 bits per heavy atom. The summed E-state index contributed by atoms with van der Waals surface area (Å²) in [6.07, 6.45) is 5.93. The second-order valence-corrected chi connectivity index (χ2v) is 7.38. The maximum Gasteiger partial charge on any atom is 0.0528 e. The highest BCUT2D eigenvalue weighted by Crippen LogP contribution is 2.28. The first-order valence-electron chi connectivity index (χ1n) is 8.69. The van der Waals surface area contributed by atoms with Crippen LogP contribution in [0.1, 0.15) is 43.0 Å². The van der Waals surface area contributed by atoms with E-state index in [1.165, 1.54) is 17.5 Å². The fourth-order valence-corrected chi connectivity index (χ4v) is 3.67. The molecule has 0 radical (unpaired) electrons. The summed E-state index contributed by atoms with van der Waals surface area (Å²) in [6.45, 7) is 10.3. The quantitative estimate of drug-likeness (QED) is 0.811. The molecule has 2 heterocycles. The monoisotopic (exact) mass is 309 g/mol. The zero-order valence-electron chi connectivity index (χ0n) is 14.5. The average molecular weight is 309 g/mol. The molecule has 2 aromatic rings. The van der Waals surface area contributed by atoms with Crippen LogP contribution in [-0.4, -0.2) is 21.6 Å². The summed E-state index contributed by atoms with van der Waals surface area (Å²) in [6, 6.07) is 8.92. The number of rotatable bonds is 6. The van der Waals surface area contributed by atoms with E-state index in [1.807, 2.05) is 6.20 Å². The molecule has 3 rings (SSSR count). The van der Waals surface area contributed by atoms with Crippen LogP contribution < -0.4 is 0 Å². The van der Waals surface area contributed by atoms with Crippen LogP contribution in [0.15, 0.2) is 36.7 Å². The third kappa shape index (κ3) is 4.17. The molecule has 0 bridgehead atoms. The highest BCUT2D eigenvalue weighted by atomic mass is 15.1. The van der Waals surface area contributed by atoms with E-state index in [2.05, 4.69) is 60.1 Å². The first-order chi connectivity index (χ1) is 11.1. The van der Waals surface area contributed by atoms with Crippen molar-refractivity contribution in [3.63, 3.8) is 0 Å². The highest BCUT2D eigenvalue weighted by Gasteiger charge is 2.22. The number of hydrogen-bond donors (Lipinski definition) is 0. The Labute approximate surface area is 139 Å². The van der Waals surface area contributed by atoms with Gasteiger partial charge in [-0.05, 0) is 53.0 Å². The van der Waals surface area contributed by atoms with Crippen LogP contribution in [0.5, 0.6) is 0 Å². The van der Waals surface area contributed by atoms with E-state index in [1.54, 1.807) is 17.3 Å². The van der Waals surface area contributed by atoms with Crippen LogP contribution in [0, 0.1) is 11.8 Å². The number of nitrogens with zero attached hydrogens (tertiary/aromatic N) is 3. The fourth-order valence-electron chi connectivity index (χ4n) is 3.67. The van der Waals surface area contributed by atoms with Crippen LogP contribution in [0.25, 0.3) is 0 Å². The van der Waals surface area contributed by atoms with Gasteiger partial charge in [0.25, 0.3) is 0 Å². The molecule has 1 aliphatic rings. The Morgan fingerprint density at radius 1 is 1.04 bits per heavy atom. The van der Waals surface area contributed by atoms with Gasteiger partial charge in [0.1, 0.15) is 0 Å². The summed E-state index contributed by atoms with van der Waals surface area (Å²) in [5, 5.41) is 7.83. The van der Waals surface area contributed by atoms with E-state index in [0.717, 1.165) is 26.1 Å². The molecule has 122 valence electrons. The minimum Gasteiger partial charge on any atom is -0.295 e. The standard InChI is InChI=1S/C20H27N3/c1-15(2)9-18-5-4-6-19-13-23(14-20(18)19)12-16(3)10-17-7-8-21-22-11-17/h4-8,11,15-16H,9-10,12-14H2,1-3H3. The third-order valence-electron chi connectivity index (χ3n) is 4.57. The van der Waals surface area contributed by atoms with Gasteiger partial charge in [-0.25, -0.2) is 0 Å². The number of hydrogen-bond acceptors (Lipinski definition) is 3. The molecule has 1 aromatic heterocycles. The van der Waals surface area contributed by atoms with Crippen LogP contribution in [0.3, 0.4) is 0 Å². The van der Waals surface area contributed by atoms with Crippen molar-refractivity contribution in [2.24, 2.45) is 11.8 Å². The predicted octanol–water partition coefficient (Wildman–Crippen LogP) is 3.87. The second-order valence-electron chi connectivity index (χ2n) is 7.38. The third-order valence-corrected chi connectivity index (χ3v) is 4.57. The van der Waals surface area contributed by atoms with Crippen molar-refractivity contribution in [3.8, 4) is 0 Å². The number of benzene rings is 1. The molecule has 1 aliphatic heterocycles. The summed E-state index contributed by atoms with van der Waals surface area (Å²) in [7, 11) is 0. The lowest BCUT2D eigenvalue weighted by Gasteiger charge is -2.20. The molecule has 0 N–H and O–H groups in total. The Balaban J connectivity index is 1.61. The van der Waals surface area contributed by atoms with Crippen molar-refractivity contribution < 1.29 is 0 Å². The van der Waals surface area contributed by atoms with Crippen molar-refractivity contribution >= 4 is 0 Å². The molecule has 0 saturated carbocycles. The van der Waals surface area contributed by atoms with Gasteiger partial charge in [0.05, 0.1) is 6.20 Å². The predicted molar refractivity (Wildman–Crippen MR) is 94.0 cm³/mol. The Morgan fingerprint density at radius 3 is 2.65 bits per heavy atom. The van der Waals surface area contributed by atoms with Gasteiger partial charge in [-0.15, -0.1) is 0 Å².